The van der Waals surface area contributed by atoms with E-state index in [0.29, 0.717) is 6.42 Å². The smallest absolute Gasteiger partial charge is 0.462 e. The molecule has 2 unspecified atom stereocenters. The van der Waals surface area contributed by atoms with E-state index in [1.54, 1.807) is 0 Å². The summed E-state index contributed by atoms with van der Waals surface area (Å²) in [6.07, 6.45) is 105. The molecule has 0 bridgehead atoms. The number of unbranched alkanes of at least 4 members (excludes halogenated alkanes) is 63. The standard InChI is InChI=1S/C85H164NO8P/c1-3-5-7-9-11-13-15-17-19-21-23-25-27-29-31-33-35-37-39-41-43-45-47-49-51-53-55-57-59-61-63-65-67-69-71-73-75-77-84(87)91-81-83(82-93-95(89,90)92-80-79-86)94-85(88)78-76-74-72-70-68-66-64-62-60-58-56-54-52-50-48-46-44-42-40-38-36-34-32-30-28-26-24-22-20-18-16-14-12-10-8-6-4-2/h16,18,21-24,83H,3-15,17,19-20,25-82,86H2,1-2H3,(H,89,90)/b18-16-,23-21-,24-22-. The molecule has 0 aliphatic heterocycles. The Balaban J connectivity index is 3.72. The van der Waals surface area contributed by atoms with Crippen LogP contribution in [0.1, 0.15) is 463 Å². The number of esters is 2. The predicted molar refractivity (Wildman–Crippen MR) is 414 cm³/mol. The van der Waals surface area contributed by atoms with E-state index in [0.717, 1.165) is 38.5 Å². The van der Waals surface area contributed by atoms with Crippen molar-refractivity contribution >= 4 is 19.8 Å². The first-order valence-corrected chi connectivity index (χ1v) is 44.0. The van der Waals surface area contributed by atoms with Gasteiger partial charge in [-0.2, -0.15) is 0 Å². The quantitative estimate of drug-likeness (QED) is 0.0264. The second-order valence-electron chi connectivity index (χ2n) is 29.1. The number of carbonyl (C=O) groups excluding carboxylic acids is 2. The van der Waals surface area contributed by atoms with Crippen molar-refractivity contribution in [2.45, 2.75) is 469 Å². The zero-order chi connectivity index (χ0) is 68.6. The second-order valence-corrected chi connectivity index (χ2v) is 30.5. The molecule has 562 valence electrons. The lowest BCUT2D eigenvalue weighted by Crippen LogP contribution is -2.29. The minimum atomic E-state index is -4.39. The Hall–Kier alpha value is -1.77. The molecule has 3 N–H and O–H groups in total. The molecule has 95 heavy (non-hydrogen) atoms. The maximum atomic E-state index is 12.8. The molecular weight excluding hydrogens is 1190 g/mol. The summed E-state index contributed by atoms with van der Waals surface area (Å²) in [5, 5.41) is 0. The molecule has 2 atom stereocenters. The van der Waals surface area contributed by atoms with Crippen LogP contribution in [0.2, 0.25) is 0 Å². The fourth-order valence-electron chi connectivity index (χ4n) is 13.2. The maximum Gasteiger partial charge on any atom is 0.472 e. The summed E-state index contributed by atoms with van der Waals surface area (Å²) in [4.78, 5) is 35.5. The van der Waals surface area contributed by atoms with Crippen molar-refractivity contribution in [3.8, 4) is 0 Å². The summed E-state index contributed by atoms with van der Waals surface area (Å²) < 4.78 is 33.3. The van der Waals surface area contributed by atoms with Crippen molar-refractivity contribution in [2.24, 2.45) is 5.73 Å². The van der Waals surface area contributed by atoms with E-state index in [2.05, 4.69) is 50.3 Å². The molecule has 0 saturated carbocycles. The van der Waals surface area contributed by atoms with Crippen LogP contribution in [0.5, 0.6) is 0 Å². The lowest BCUT2D eigenvalue weighted by Gasteiger charge is -2.19. The zero-order valence-corrected chi connectivity index (χ0v) is 64.6. The highest BCUT2D eigenvalue weighted by Crippen LogP contribution is 2.43. The van der Waals surface area contributed by atoms with Gasteiger partial charge in [0.15, 0.2) is 6.10 Å². The third-order valence-corrected chi connectivity index (χ3v) is 20.5. The number of rotatable bonds is 82. The number of carbonyl (C=O) groups is 2. The highest BCUT2D eigenvalue weighted by molar-refractivity contribution is 7.47. The molecule has 0 rings (SSSR count). The third kappa shape index (κ3) is 81.1. The summed E-state index contributed by atoms with van der Waals surface area (Å²) in [6, 6.07) is 0. The van der Waals surface area contributed by atoms with Crippen molar-refractivity contribution in [1.29, 1.82) is 0 Å². The highest BCUT2D eigenvalue weighted by atomic mass is 31.2. The first-order chi connectivity index (χ1) is 46.8. The van der Waals surface area contributed by atoms with E-state index in [9.17, 15) is 19.0 Å². The molecule has 0 aromatic heterocycles. The van der Waals surface area contributed by atoms with Gasteiger partial charge in [-0.3, -0.25) is 18.6 Å². The van der Waals surface area contributed by atoms with Crippen LogP contribution >= 0.6 is 7.82 Å². The van der Waals surface area contributed by atoms with E-state index in [1.165, 1.54) is 392 Å². The van der Waals surface area contributed by atoms with Gasteiger partial charge in [-0.05, 0) is 70.6 Å². The van der Waals surface area contributed by atoms with Gasteiger partial charge in [0.05, 0.1) is 13.2 Å². The minimum Gasteiger partial charge on any atom is -0.462 e. The minimum absolute atomic E-state index is 0.0570. The Morgan fingerprint density at radius 1 is 0.316 bits per heavy atom. The van der Waals surface area contributed by atoms with Gasteiger partial charge in [-0.15, -0.1) is 0 Å². The summed E-state index contributed by atoms with van der Waals surface area (Å²) in [5.74, 6) is -0.798. The van der Waals surface area contributed by atoms with Gasteiger partial charge in [0.2, 0.25) is 0 Å². The highest BCUT2D eigenvalue weighted by Gasteiger charge is 2.26. The molecule has 0 radical (unpaired) electrons. The molecule has 0 aromatic carbocycles. The van der Waals surface area contributed by atoms with Crippen molar-refractivity contribution < 1.29 is 37.6 Å². The fourth-order valence-corrected chi connectivity index (χ4v) is 14.0. The summed E-state index contributed by atoms with van der Waals surface area (Å²) in [6.45, 7) is 3.83. The summed E-state index contributed by atoms with van der Waals surface area (Å²) in [7, 11) is -4.39. The van der Waals surface area contributed by atoms with Crippen LogP contribution in [0.3, 0.4) is 0 Å². The van der Waals surface area contributed by atoms with Gasteiger partial charge in [0.25, 0.3) is 0 Å². The van der Waals surface area contributed by atoms with Crippen LogP contribution in [-0.2, 0) is 32.7 Å². The number of phosphoric ester groups is 1. The van der Waals surface area contributed by atoms with Gasteiger partial charge in [0.1, 0.15) is 6.61 Å². The Kier molecular flexibility index (Phi) is 79.7. The second kappa shape index (κ2) is 81.2. The molecule has 10 heteroatoms. The Bertz CT molecular complexity index is 1650. The van der Waals surface area contributed by atoms with Crippen LogP contribution in [0, 0.1) is 0 Å². The molecule has 0 heterocycles. The first kappa shape index (κ1) is 93.2. The van der Waals surface area contributed by atoms with Gasteiger partial charge >= 0.3 is 19.8 Å². The van der Waals surface area contributed by atoms with Crippen LogP contribution in [0.25, 0.3) is 0 Å². The van der Waals surface area contributed by atoms with Crippen molar-refractivity contribution in [2.75, 3.05) is 26.4 Å². The molecule has 0 aromatic rings. The number of hydrogen-bond donors (Lipinski definition) is 2. The largest absolute Gasteiger partial charge is 0.472 e. The summed E-state index contributed by atoms with van der Waals surface area (Å²) in [5.41, 5.74) is 5.42. The normalized spacial score (nSPS) is 12.9. The van der Waals surface area contributed by atoms with Gasteiger partial charge in [0, 0.05) is 19.4 Å². The molecule has 0 saturated heterocycles. The van der Waals surface area contributed by atoms with Gasteiger partial charge in [-0.25, -0.2) is 4.57 Å². The Morgan fingerprint density at radius 2 is 0.547 bits per heavy atom. The Labute approximate surface area is 592 Å². The predicted octanol–water partition coefficient (Wildman–Crippen LogP) is 28.5. The van der Waals surface area contributed by atoms with Crippen LogP contribution in [-0.4, -0.2) is 49.3 Å². The van der Waals surface area contributed by atoms with Crippen LogP contribution in [0.15, 0.2) is 36.5 Å². The molecule has 0 aliphatic rings. The monoisotopic (exact) mass is 1360 g/mol. The number of hydrogen-bond acceptors (Lipinski definition) is 8. The third-order valence-electron chi connectivity index (χ3n) is 19.5. The van der Waals surface area contributed by atoms with E-state index in [4.69, 9.17) is 24.3 Å². The van der Waals surface area contributed by atoms with E-state index in [-0.39, 0.29) is 38.6 Å². The molecule has 0 amide bonds. The molecule has 0 aliphatic carbocycles. The van der Waals surface area contributed by atoms with Crippen molar-refractivity contribution in [1.82, 2.24) is 0 Å². The van der Waals surface area contributed by atoms with Crippen molar-refractivity contribution in [3.63, 3.8) is 0 Å². The Morgan fingerprint density at radius 3 is 0.811 bits per heavy atom. The average molecular weight is 1360 g/mol. The first-order valence-electron chi connectivity index (χ1n) is 42.5. The summed E-state index contributed by atoms with van der Waals surface area (Å²) >= 11 is 0. The lowest BCUT2D eigenvalue weighted by atomic mass is 10.0. The molecular formula is C85H164NO8P. The zero-order valence-electron chi connectivity index (χ0n) is 63.7. The number of ether oxygens (including phenoxy) is 2. The van der Waals surface area contributed by atoms with E-state index in [1.807, 2.05) is 0 Å². The number of allylic oxidation sites excluding steroid dienone is 6. The SMILES string of the molecule is CCCCCCC/C=C\C/C=C\CCCCCCCCCCCCCCCCCCCCCCCCCCCC(=O)OC(COC(=O)CCCCCCCCCCCCCCCCCCCCCCCCCCC/C=C\CCCCCCCCCC)COP(=O)(O)OCCN. The van der Waals surface area contributed by atoms with Gasteiger partial charge < -0.3 is 20.1 Å². The van der Waals surface area contributed by atoms with Crippen LogP contribution in [0.4, 0.5) is 0 Å². The van der Waals surface area contributed by atoms with Gasteiger partial charge in [-0.1, -0.05) is 416 Å². The fraction of sp³-hybridized carbons (Fsp3) is 0.906. The average Bonchev–Trinajstić information content (AvgIpc) is 2.64. The van der Waals surface area contributed by atoms with E-state index < -0.39 is 26.5 Å². The molecule has 9 nitrogen and oxygen atoms in total. The number of nitrogens with two attached hydrogens (primary N) is 1. The van der Waals surface area contributed by atoms with E-state index >= 15 is 0 Å². The number of phosphoric acid groups is 1. The topological polar surface area (TPSA) is 134 Å². The van der Waals surface area contributed by atoms with Crippen molar-refractivity contribution in [3.05, 3.63) is 36.5 Å². The molecule has 0 spiro atoms. The lowest BCUT2D eigenvalue weighted by molar-refractivity contribution is -0.161. The molecule has 0 fully saturated rings. The maximum absolute atomic E-state index is 12.8. The van der Waals surface area contributed by atoms with Crippen LogP contribution < -0.4 is 5.73 Å².